The zero-order valence-electron chi connectivity index (χ0n) is 22.7. The lowest BCUT2D eigenvalue weighted by Crippen LogP contribution is -1.93. The summed E-state index contributed by atoms with van der Waals surface area (Å²) in [5.41, 5.74) is 7.85. The number of benzene rings is 4. The van der Waals surface area contributed by atoms with Crippen LogP contribution < -0.4 is 4.74 Å². The second kappa shape index (κ2) is 8.62. The SMILES string of the molecule is Cc1cn2c3ccccc3c3ccc(Oc4ccc5c(c4)c4nc(-c6ccccc6)cn4c4cccnc54)cc3c2n1. The molecule has 0 saturated carbocycles. The van der Waals surface area contributed by atoms with Gasteiger partial charge in [0, 0.05) is 45.7 Å². The first-order valence-corrected chi connectivity index (χ1v) is 13.9. The molecule has 0 spiro atoms. The molecular formula is C36H23N5O. The van der Waals surface area contributed by atoms with Crippen LogP contribution in [0, 0.1) is 6.92 Å². The normalized spacial score (nSPS) is 11.9. The number of hydrogen-bond acceptors (Lipinski definition) is 4. The summed E-state index contributed by atoms with van der Waals surface area (Å²) in [5.74, 6) is 1.49. The van der Waals surface area contributed by atoms with Crippen molar-refractivity contribution in [3.63, 3.8) is 0 Å². The molecule has 42 heavy (non-hydrogen) atoms. The summed E-state index contributed by atoms with van der Waals surface area (Å²) < 4.78 is 10.8. The van der Waals surface area contributed by atoms with Gasteiger partial charge in [-0.05, 0) is 66.9 Å². The Labute approximate surface area is 240 Å². The van der Waals surface area contributed by atoms with Crippen LogP contribution in [0.2, 0.25) is 0 Å². The Morgan fingerprint density at radius 1 is 0.571 bits per heavy atom. The molecule has 198 valence electrons. The van der Waals surface area contributed by atoms with Gasteiger partial charge in [0.15, 0.2) is 0 Å². The van der Waals surface area contributed by atoms with Crippen molar-refractivity contribution in [2.24, 2.45) is 0 Å². The molecule has 4 aromatic carbocycles. The van der Waals surface area contributed by atoms with Gasteiger partial charge in [-0.25, -0.2) is 9.97 Å². The zero-order valence-corrected chi connectivity index (χ0v) is 22.7. The molecule has 0 unspecified atom stereocenters. The van der Waals surface area contributed by atoms with E-state index in [0.717, 1.165) is 77.8 Å². The number of pyridine rings is 3. The van der Waals surface area contributed by atoms with E-state index < -0.39 is 0 Å². The summed E-state index contributed by atoms with van der Waals surface area (Å²) in [5, 5.41) is 5.41. The lowest BCUT2D eigenvalue weighted by molar-refractivity contribution is 0.484. The average Bonchev–Trinajstić information content (AvgIpc) is 3.67. The van der Waals surface area contributed by atoms with E-state index in [9.17, 15) is 0 Å². The van der Waals surface area contributed by atoms with Crippen LogP contribution in [0.4, 0.5) is 0 Å². The van der Waals surface area contributed by atoms with E-state index >= 15 is 0 Å². The van der Waals surface area contributed by atoms with Gasteiger partial charge in [-0.3, -0.25) is 13.8 Å². The molecule has 0 aliphatic heterocycles. The van der Waals surface area contributed by atoms with E-state index in [1.54, 1.807) is 0 Å². The Kier molecular flexibility index (Phi) is 4.72. The maximum absolute atomic E-state index is 6.52. The lowest BCUT2D eigenvalue weighted by atomic mass is 10.1. The average molecular weight is 542 g/mol. The second-order valence-corrected chi connectivity index (χ2v) is 10.7. The number of nitrogens with zero attached hydrogens (tertiary/aromatic N) is 5. The highest BCUT2D eigenvalue weighted by Crippen LogP contribution is 2.36. The number of aryl methyl sites for hydroxylation is 1. The van der Waals surface area contributed by atoms with Crippen molar-refractivity contribution in [2.75, 3.05) is 0 Å². The first-order chi connectivity index (χ1) is 20.7. The Balaban J connectivity index is 1.23. The van der Waals surface area contributed by atoms with Crippen molar-refractivity contribution in [3.05, 3.63) is 127 Å². The highest BCUT2D eigenvalue weighted by Gasteiger charge is 2.16. The van der Waals surface area contributed by atoms with E-state index in [-0.39, 0.29) is 0 Å². The fourth-order valence-electron chi connectivity index (χ4n) is 6.20. The van der Waals surface area contributed by atoms with Crippen molar-refractivity contribution in [1.29, 1.82) is 0 Å². The van der Waals surface area contributed by atoms with Crippen molar-refractivity contribution >= 4 is 54.8 Å². The summed E-state index contributed by atoms with van der Waals surface area (Å²) in [7, 11) is 0. The summed E-state index contributed by atoms with van der Waals surface area (Å²) in [6, 6.07) is 35.2. The topological polar surface area (TPSA) is 56.7 Å². The van der Waals surface area contributed by atoms with E-state index in [0.29, 0.717) is 0 Å². The van der Waals surface area contributed by atoms with E-state index in [1.807, 2.05) is 49.5 Å². The van der Waals surface area contributed by atoms with Gasteiger partial charge in [0.25, 0.3) is 0 Å². The molecule has 6 heteroatoms. The standard InChI is InChI=1S/C36H23N5O/c1-22-20-40-32-11-6-5-10-27(32)26-15-13-24(18-29(26)35(40)38-22)42-25-14-16-28-30(19-25)36-39-31(23-8-3-2-4-9-23)21-41(36)33-12-7-17-37-34(28)33/h2-21H,1H3. The minimum atomic E-state index is 0.736. The minimum absolute atomic E-state index is 0.736. The van der Waals surface area contributed by atoms with Crippen molar-refractivity contribution in [3.8, 4) is 22.8 Å². The number of rotatable bonds is 3. The molecule has 0 N–H and O–H groups in total. The van der Waals surface area contributed by atoms with Gasteiger partial charge in [0.05, 0.1) is 27.9 Å². The molecule has 0 saturated heterocycles. The van der Waals surface area contributed by atoms with Crippen LogP contribution in [-0.4, -0.2) is 23.8 Å². The number of para-hydroxylation sites is 1. The van der Waals surface area contributed by atoms with Crippen LogP contribution in [0.3, 0.4) is 0 Å². The van der Waals surface area contributed by atoms with Crippen LogP contribution >= 0.6 is 0 Å². The Morgan fingerprint density at radius 2 is 1.26 bits per heavy atom. The van der Waals surface area contributed by atoms with Gasteiger partial charge in [-0.2, -0.15) is 0 Å². The predicted octanol–water partition coefficient (Wildman–Crippen LogP) is 8.76. The van der Waals surface area contributed by atoms with Gasteiger partial charge >= 0.3 is 0 Å². The van der Waals surface area contributed by atoms with Crippen molar-refractivity contribution < 1.29 is 4.74 Å². The Bertz CT molecular complexity index is 2510. The molecule has 0 atom stereocenters. The largest absolute Gasteiger partial charge is 0.457 e. The molecule has 0 fully saturated rings. The van der Waals surface area contributed by atoms with Crippen LogP contribution in [0.5, 0.6) is 11.5 Å². The number of imidazole rings is 2. The number of fused-ring (bicyclic) bond motifs is 12. The summed E-state index contributed by atoms with van der Waals surface area (Å²) in [6.07, 6.45) is 6.02. The zero-order chi connectivity index (χ0) is 27.8. The maximum atomic E-state index is 6.52. The Morgan fingerprint density at radius 3 is 2.12 bits per heavy atom. The first-order valence-electron chi connectivity index (χ1n) is 13.9. The van der Waals surface area contributed by atoms with E-state index in [4.69, 9.17) is 19.7 Å². The summed E-state index contributed by atoms with van der Waals surface area (Å²) >= 11 is 0. The molecule has 0 aliphatic rings. The van der Waals surface area contributed by atoms with Gasteiger partial charge < -0.3 is 4.74 Å². The monoisotopic (exact) mass is 541 g/mol. The summed E-state index contributed by atoms with van der Waals surface area (Å²) in [6.45, 7) is 2.03. The van der Waals surface area contributed by atoms with Gasteiger partial charge in [0.2, 0.25) is 0 Å². The number of aromatic nitrogens is 5. The third-order valence-electron chi connectivity index (χ3n) is 8.06. The fraction of sp³-hybridized carbons (Fsp3) is 0.0278. The highest BCUT2D eigenvalue weighted by atomic mass is 16.5. The van der Waals surface area contributed by atoms with E-state index in [2.05, 4.69) is 87.9 Å². The minimum Gasteiger partial charge on any atom is -0.457 e. The molecule has 0 amide bonds. The number of ether oxygens (including phenoxy) is 1. The number of hydrogen-bond donors (Lipinski definition) is 0. The molecule has 0 aliphatic carbocycles. The predicted molar refractivity (Wildman–Crippen MR) is 168 cm³/mol. The van der Waals surface area contributed by atoms with Crippen molar-refractivity contribution in [1.82, 2.24) is 23.8 Å². The highest BCUT2D eigenvalue weighted by molar-refractivity contribution is 6.12. The van der Waals surface area contributed by atoms with Crippen LogP contribution in [0.25, 0.3) is 66.0 Å². The molecule has 6 nitrogen and oxygen atoms in total. The molecule has 9 aromatic rings. The van der Waals surface area contributed by atoms with Gasteiger partial charge in [-0.1, -0.05) is 48.5 Å². The molecular weight excluding hydrogens is 518 g/mol. The first kappa shape index (κ1) is 23.0. The Hall–Kier alpha value is -5.75. The molecule has 5 aromatic heterocycles. The smallest absolute Gasteiger partial charge is 0.146 e. The van der Waals surface area contributed by atoms with Crippen LogP contribution in [0.15, 0.2) is 122 Å². The van der Waals surface area contributed by atoms with E-state index in [1.165, 1.54) is 5.39 Å². The van der Waals surface area contributed by atoms with Gasteiger partial charge in [0.1, 0.15) is 22.8 Å². The molecule has 9 rings (SSSR count). The third-order valence-corrected chi connectivity index (χ3v) is 8.06. The molecule has 0 radical (unpaired) electrons. The second-order valence-electron chi connectivity index (χ2n) is 10.7. The molecule has 5 heterocycles. The van der Waals surface area contributed by atoms with Crippen molar-refractivity contribution in [2.45, 2.75) is 6.92 Å². The third kappa shape index (κ3) is 3.35. The fourth-order valence-corrected chi connectivity index (χ4v) is 6.20. The lowest BCUT2D eigenvalue weighted by Gasteiger charge is -2.12. The van der Waals surface area contributed by atoms with Crippen LogP contribution in [0.1, 0.15) is 5.69 Å². The van der Waals surface area contributed by atoms with Gasteiger partial charge in [-0.15, -0.1) is 0 Å². The van der Waals surface area contributed by atoms with Crippen LogP contribution in [-0.2, 0) is 0 Å². The quantitative estimate of drug-likeness (QED) is 0.210. The maximum Gasteiger partial charge on any atom is 0.146 e. The molecule has 0 bridgehead atoms. The summed E-state index contributed by atoms with van der Waals surface area (Å²) in [4.78, 5) is 14.7.